The Kier molecular flexibility index (Phi) is 11.9. The van der Waals surface area contributed by atoms with E-state index in [0.29, 0.717) is 30.5 Å². The van der Waals surface area contributed by atoms with Crippen LogP contribution in [0.15, 0.2) is 48.7 Å². The number of alkyl carbamates (subject to hydrolysis) is 2. The molecule has 3 aliphatic heterocycles. The Morgan fingerprint density at radius 1 is 0.800 bits per heavy atom. The lowest BCUT2D eigenvalue weighted by molar-refractivity contribution is -0.136. The molecule has 0 aliphatic carbocycles. The Labute approximate surface area is 350 Å². The molecule has 4 atom stereocenters. The minimum Gasteiger partial charge on any atom is -0.481 e. The van der Waals surface area contributed by atoms with Crippen LogP contribution < -0.4 is 15.4 Å². The van der Waals surface area contributed by atoms with Crippen LogP contribution >= 0.6 is 0 Å². The number of methoxy groups -OCH3 is 2. The number of carbonyl (C=O) groups is 4. The number of aromatic amines is 2. The third kappa shape index (κ3) is 8.41. The molecule has 4 aromatic rings. The van der Waals surface area contributed by atoms with Gasteiger partial charge in [0.2, 0.25) is 11.8 Å². The first-order valence-electron chi connectivity index (χ1n) is 20.6. The van der Waals surface area contributed by atoms with Gasteiger partial charge in [0.15, 0.2) is 0 Å². The second kappa shape index (κ2) is 17.1. The summed E-state index contributed by atoms with van der Waals surface area (Å²) in [5.74, 6) is 8.08. The normalized spacial score (nSPS) is 18.8. The van der Waals surface area contributed by atoms with E-state index in [9.17, 15) is 19.2 Å². The molecule has 4 N–H and O–H groups in total. The third-order valence-electron chi connectivity index (χ3n) is 11.5. The van der Waals surface area contributed by atoms with Crippen molar-refractivity contribution in [3.05, 3.63) is 77.1 Å². The molecule has 2 aromatic heterocycles. The highest BCUT2D eigenvalue weighted by atomic mass is 16.5. The first kappa shape index (κ1) is 41.8. The fourth-order valence-electron chi connectivity index (χ4n) is 8.31. The van der Waals surface area contributed by atoms with Gasteiger partial charge in [-0.1, -0.05) is 51.7 Å². The summed E-state index contributed by atoms with van der Waals surface area (Å²) < 4.78 is 16.1. The zero-order valence-electron chi connectivity index (χ0n) is 35.5. The van der Waals surface area contributed by atoms with Crippen LogP contribution in [-0.4, -0.2) is 93.1 Å². The van der Waals surface area contributed by atoms with Gasteiger partial charge in [0.25, 0.3) is 0 Å². The van der Waals surface area contributed by atoms with Crippen molar-refractivity contribution in [2.45, 2.75) is 97.0 Å². The van der Waals surface area contributed by atoms with E-state index < -0.39 is 29.9 Å². The maximum absolute atomic E-state index is 13.8. The molecule has 15 nitrogen and oxygen atoms in total. The van der Waals surface area contributed by atoms with Gasteiger partial charge < -0.3 is 44.6 Å². The van der Waals surface area contributed by atoms with Crippen molar-refractivity contribution >= 4 is 24.0 Å². The van der Waals surface area contributed by atoms with E-state index in [4.69, 9.17) is 19.2 Å². The molecule has 7 rings (SSSR count). The molecule has 2 saturated heterocycles. The van der Waals surface area contributed by atoms with Crippen molar-refractivity contribution in [2.75, 3.05) is 27.3 Å². The Bertz CT molecular complexity index is 2320. The number of amides is 4. The first-order valence-corrected chi connectivity index (χ1v) is 20.6. The molecule has 4 amide bonds. The van der Waals surface area contributed by atoms with Crippen molar-refractivity contribution < 1.29 is 33.4 Å². The van der Waals surface area contributed by atoms with E-state index >= 15 is 0 Å². The van der Waals surface area contributed by atoms with Crippen LogP contribution in [0.3, 0.4) is 0 Å². The molecule has 2 aromatic carbocycles. The van der Waals surface area contributed by atoms with Gasteiger partial charge in [-0.3, -0.25) is 9.59 Å². The van der Waals surface area contributed by atoms with E-state index in [0.717, 1.165) is 65.0 Å². The average Bonchev–Trinajstić information content (AvgIpc) is 4.07. The lowest BCUT2D eigenvalue weighted by Crippen LogP contribution is -2.51. The zero-order valence-corrected chi connectivity index (χ0v) is 35.5. The van der Waals surface area contributed by atoms with Crippen molar-refractivity contribution in [1.82, 2.24) is 40.4 Å². The van der Waals surface area contributed by atoms with Crippen LogP contribution in [-0.2, 0) is 24.7 Å². The summed E-state index contributed by atoms with van der Waals surface area (Å²) in [6.07, 6.45) is 3.68. The van der Waals surface area contributed by atoms with Gasteiger partial charge in [-0.25, -0.2) is 19.6 Å². The Morgan fingerprint density at radius 2 is 1.35 bits per heavy atom. The number of imidazole rings is 2. The number of aromatic nitrogens is 4. The Balaban J connectivity index is 1.05. The quantitative estimate of drug-likeness (QED) is 0.136. The number of fused-ring (bicyclic) bond motifs is 3. The number of H-pyrrole nitrogens is 2. The summed E-state index contributed by atoms with van der Waals surface area (Å²) in [5.41, 5.74) is 5.11. The summed E-state index contributed by atoms with van der Waals surface area (Å²) >= 11 is 0. The number of nitrogens with one attached hydrogen (secondary N) is 4. The van der Waals surface area contributed by atoms with Crippen LogP contribution in [0.4, 0.5) is 9.59 Å². The summed E-state index contributed by atoms with van der Waals surface area (Å²) in [4.78, 5) is 71.6. The number of nitrogens with zero attached hydrogens (tertiary/aromatic N) is 4. The zero-order chi connectivity index (χ0) is 42.9. The number of rotatable bonds is 9. The minimum absolute atomic E-state index is 0.114. The number of hydrogen-bond donors (Lipinski definition) is 4. The van der Waals surface area contributed by atoms with Gasteiger partial charge >= 0.3 is 12.2 Å². The SMILES string of the molecule is COC(=O)N[C@H](C(=O)N1CCC[C@H]1c1ncc(-c2ccc(C#Cc3ccc4c(c3)OC(C)(C)c3nc([C@@H]5CCCN5C(=O)[C@@H](NC(=O)OC)C(C)C)[nH]c3-4)cc2)[nH]1)C(C)C. The molecule has 60 heavy (non-hydrogen) atoms. The van der Waals surface area contributed by atoms with Gasteiger partial charge in [-0.2, -0.15) is 0 Å². The standard InChI is InChI=1S/C45H54N8O7/c1-25(2)35(49-43(56)58-7)41(54)52-21-9-11-32(52)39-46-24-31(47-39)29-18-15-27(16-19-29)13-14-28-17-20-30-34(23-28)60-45(5,6)38-37(30)48-40(51-38)33-12-10-22-53(33)42(55)36(26(3)4)50-44(57)59-8/h15-20,23-26,32-33,35-36H,9-12,21-22H2,1-8H3,(H,46,47)(H,48,51)(H,49,56)(H,50,57)/t32-,33-,35-,36-/m0/s1. The van der Waals surface area contributed by atoms with Crippen molar-refractivity contribution in [3.63, 3.8) is 0 Å². The van der Waals surface area contributed by atoms with E-state index in [1.165, 1.54) is 14.2 Å². The number of benzene rings is 2. The molecule has 0 bridgehead atoms. The smallest absolute Gasteiger partial charge is 0.407 e. The fraction of sp³-hybridized carbons (Fsp3) is 0.467. The molecule has 0 spiro atoms. The molecule has 0 saturated carbocycles. The predicted molar refractivity (Wildman–Crippen MR) is 223 cm³/mol. The van der Waals surface area contributed by atoms with E-state index in [2.05, 4.69) is 37.4 Å². The van der Waals surface area contributed by atoms with E-state index in [1.807, 2.05) is 88.9 Å². The second-order valence-corrected chi connectivity index (χ2v) is 16.8. The van der Waals surface area contributed by atoms with Crippen LogP contribution in [0.2, 0.25) is 0 Å². The van der Waals surface area contributed by atoms with Gasteiger partial charge in [-0.05, 0) is 87.3 Å². The van der Waals surface area contributed by atoms with Gasteiger partial charge in [-0.15, -0.1) is 0 Å². The van der Waals surface area contributed by atoms with Crippen LogP contribution in [0, 0.1) is 23.7 Å². The number of carbonyl (C=O) groups excluding carboxylic acids is 4. The highest BCUT2D eigenvalue weighted by molar-refractivity contribution is 5.87. The molecule has 2 fully saturated rings. The van der Waals surface area contributed by atoms with Gasteiger partial charge in [0, 0.05) is 29.8 Å². The fourth-order valence-corrected chi connectivity index (χ4v) is 8.31. The molecule has 0 radical (unpaired) electrons. The lowest BCUT2D eigenvalue weighted by Gasteiger charge is -2.31. The van der Waals surface area contributed by atoms with E-state index in [-0.39, 0.29) is 35.7 Å². The first-order chi connectivity index (χ1) is 28.7. The van der Waals surface area contributed by atoms with E-state index in [1.54, 1.807) is 11.1 Å². The number of hydrogen-bond acceptors (Lipinski definition) is 9. The molecule has 316 valence electrons. The molecule has 5 heterocycles. The van der Waals surface area contributed by atoms with Crippen LogP contribution in [0.5, 0.6) is 5.75 Å². The largest absolute Gasteiger partial charge is 0.481 e. The minimum atomic E-state index is -0.754. The molecule has 3 aliphatic rings. The van der Waals surface area contributed by atoms with Crippen molar-refractivity contribution in [2.24, 2.45) is 11.8 Å². The highest BCUT2D eigenvalue weighted by Gasteiger charge is 2.42. The topological polar surface area (TPSA) is 184 Å². The summed E-state index contributed by atoms with van der Waals surface area (Å²) in [6.45, 7) is 12.7. The second-order valence-electron chi connectivity index (χ2n) is 16.8. The maximum atomic E-state index is 13.8. The highest BCUT2D eigenvalue weighted by Crippen LogP contribution is 2.46. The maximum Gasteiger partial charge on any atom is 0.407 e. The average molecular weight is 819 g/mol. The van der Waals surface area contributed by atoms with Crippen molar-refractivity contribution in [3.8, 4) is 40.1 Å². The summed E-state index contributed by atoms with van der Waals surface area (Å²) in [7, 11) is 2.57. The Morgan fingerprint density at radius 3 is 1.92 bits per heavy atom. The molecular weight excluding hydrogens is 765 g/mol. The predicted octanol–water partition coefficient (Wildman–Crippen LogP) is 6.58. The number of likely N-dealkylation sites (tertiary alicyclic amines) is 2. The van der Waals surface area contributed by atoms with Crippen LogP contribution in [0.1, 0.15) is 108 Å². The van der Waals surface area contributed by atoms with Gasteiger partial charge in [0.1, 0.15) is 40.8 Å². The van der Waals surface area contributed by atoms with Gasteiger partial charge in [0.05, 0.1) is 43.9 Å². The van der Waals surface area contributed by atoms with Crippen LogP contribution in [0.25, 0.3) is 22.5 Å². The molecule has 0 unspecified atom stereocenters. The summed E-state index contributed by atoms with van der Waals surface area (Å²) in [5, 5.41) is 5.40. The van der Waals surface area contributed by atoms with Crippen molar-refractivity contribution in [1.29, 1.82) is 0 Å². The molecule has 15 heteroatoms. The monoisotopic (exact) mass is 818 g/mol. The lowest BCUT2D eigenvalue weighted by atomic mass is 9.94. The Hall–Kier alpha value is -6.30. The number of ether oxygens (including phenoxy) is 3. The molecular formula is C45H54N8O7. The summed E-state index contributed by atoms with van der Waals surface area (Å²) in [6, 6.07) is 11.9. The third-order valence-corrected chi connectivity index (χ3v) is 11.5.